The number of fused-ring (bicyclic) bond motifs is 1. The van der Waals surface area contributed by atoms with Crippen LogP contribution in [0, 0.1) is 0 Å². The summed E-state index contributed by atoms with van der Waals surface area (Å²) in [4.78, 5) is 0. The van der Waals surface area contributed by atoms with Crippen molar-refractivity contribution in [2.24, 2.45) is 0 Å². The highest BCUT2D eigenvalue weighted by Crippen LogP contribution is 2.24. The Labute approximate surface area is 126 Å². The van der Waals surface area contributed by atoms with Crippen LogP contribution in [0.5, 0.6) is 0 Å². The van der Waals surface area contributed by atoms with Crippen molar-refractivity contribution in [3.63, 3.8) is 0 Å². The molecule has 0 aliphatic rings. The number of rotatable bonds is 6. The van der Waals surface area contributed by atoms with Gasteiger partial charge in [-0.1, -0.05) is 62.2 Å². The van der Waals surface area contributed by atoms with E-state index in [1.807, 2.05) is 0 Å². The van der Waals surface area contributed by atoms with Gasteiger partial charge in [-0.25, -0.2) is 0 Å². The van der Waals surface area contributed by atoms with Crippen LogP contribution in [-0.2, 0) is 12.8 Å². The fraction of sp³-hybridized carbons (Fsp3) is 0.316. The Morgan fingerprint density at radius 1 is 0.952 bits per heavy atom. The summed E-state index contributed by atoms with van der Waals surface area (Å²) in [6.07, 6.45) is 5.78. The number of H-pyrrole nitrogens is 1. The Hall–Kier alpha value is -2.09. The van der Waals surface area contributed by atoms with Crippen LogP contribution in [0.15, 0.2) is 48.5 Å². The summed E-state index contributed by atoms with van der Waals surface area (Å²) in [6, 6.07) is 17.1. The first-order chi connectivity index (χ1) is 10.4. The highest BCUT2D eigenvalue weighted by molar-refractivity contribution is 5.85. The van der Waals surface area contributed by atoms with Crippen LogP contribution < -0.4 is 0 Å². The fourth-order valence-electron chi connectivity index (χ4n) is 2.90. The van der Waals surface area contributed by atoms with Gasteiger partial charge in [0, 0.05) is 5.39 Å². The molecule has 0 atom stereocenters. The number of benzene rings is 2. The summed E-state index contributed by atoms with van der Waals surface area (Å²) >= 11 is 0. The highest BCUT2D eigenvalue weighted by atomic mass is 15.1. The van der Waals surface area contributed by atoms with Gasteiger partial charge >= 0.3 is 0 Å². The molecule has 21 heavy (non-hydrogen) atoms. The molecule has 0 aliphatic carbocycles. The molecule has 0 radical (unpaired) electrons. The van der Waals surface area contributed by atoms with E-state index in [2.05, 4.69) is 65.7 Å². The normalized spacial score (nSPS) is 11.1. The van der Waals surface area contributed by atoms with Crippen LogP contribution in [0.25, 0.3) is 10.9 Å². The van der Waals surface area contributed by atoms with Crippen LogP contribution in [0.4, 0.5) is 0 Å². The molecule has 1 heterocycles. The lowest BCUT2D eigenvalue weighted by Gasteiger charge is -2.05. The lowest BCUT2D eigenvalue weighted by molar-refractivity contribution is 0.707. The molecule has 2 heteroatoms. The maximum absolute atomic E-state index is 4.54. The molecule has 1 aromatic heterocycles. The van der Waals surface area contributed by atoms with Crippen molar-refractivity contribution in [1.82, 2.24) is 10.2 Å². The van der Waals surface area contributed by atoms with E-state index in [1.165, 1.54) is 41.5 Å². The van der Waals surface area contributed by atoms with Crippen LogP contribution in [0.2, 0.25) is 0 Å². The maximum Gasteiger partial charge on any atom is 0.0703 e. The minimum Gasteiger partial charge on any atom is -0.278 e. The maximum atomic E-state index is 4.54. The molecule has 0 bridgehead atoms. The van der Waals surface area contributed by atoms with Gasteiger partial charge in [0.25, 0.3) is 0 Å². The zero-order valence-electron chi connectivity index (χ0n) is 12.6. The summed E-state index contributed by atoms with van der Waals surface area (Å²) in [5.74, 6) is 0. The molecule has 0 spiro atoms. The topological polar surface area (TPSA) is 28.7 Å². The standard InChI is InChI=1S/C19H22N2/c1-2-3-5-12-17-19-16(11-8-13-18(19)21-20-17)14-15-9-6-4-7-10-15/h4,6-11,13H,2-3,5,12,14H2,1H3,(H,20,21). The second-order valence-electron chi connectivity index (χ2n) is 5.63. The van der Waals surface area contributed by atoms with E-state index in [4.69, 9.17) is 0 Å². The Morgan fingerprint density at radius 2 is 1.81 bits per heavy atom. The van der Waals surface area contributed by atoms with Gasteiger partial charge in [0.1, 0.15) is 0 Å². The number of hydrogen-bond donors (Lipinski definition) is 1. The van der Waals surface area contributed by atoms with Gasteiger partial charge in [0.15, 0.2) is 0 Å². The molecule has 0 saturated carbocycles. The van der Waals surface area contributed by atoms with Crippen LogP contribution in [0.3, 0.4) is 0 Å². The predicted molar refractivity (Wildman–Crippen MR) is 88.6 cm³/mol. The van der Waals surface area contributed by atoms with E-state index >= 15 is 0 Å². The van der Waals surface area contributed by atoms with Crippen molar-refractivity contribution in [1.29, 1.82) is 0 Å². The molecular weight excluding hydrogens is 256 g/mol. The van der Waals surface area contributed by atoms with Crippen molar-refractivity contribution < 1.29 is 0 Å². The predicted octanol–water partition coefficient (Wildman–Crippen LogP) is 4.89. The van der Waals surface area contributed by atoms with Crippen LogP contribution in [-0.4, -0.2) is 10.2 Å². The quantitative estimate of drug-likeness (QED) is 0.639. The molecular formula is C19H22N2. The zero-order chi connectivity index (χ0) is 14.5. The first-order valence-electron chi connectivity index (χ1n) is 7.87. The van der Waals surface area contributed by atoms with Gasteiger partial charge in [-0.3, -0.25) is 5.10 Å². The molecule has 2 aromatic carbocycles. The van der Waals surface area contributed by atoms with Gasteiger partial charge < -0.3 is 0 Å². The third-order valence-corrected chi connectivity index (χ3v) is 4.01. The summed E-state index contributed by atoms with van der Waals surface area (Å²) in [6.45, 7) is 2.24. The number of unbranched alkanes of at least 4 members (excludes halogenated alkanes) is 2. The zero-order valence-corrected chi connectivity index (χ0v) is 12.6. The van der Waals surface area contributed by atoms with Crippen molar-refractivity contribution in [3.05, 3.63) is 65.4 Å². The van der Waals surface area contributed by atoms with Gasteiger partial charge in [-0.2, -0.15) is 5.10 Å². The van der Waals surface area contributed by atoms with Crippen molar-refractivity contribution in [2.45, 2.75) is 39.0 Å². The van der Waals surface area contributed by atoms with E-state index in [0.717, 1.165) is 18.4 Å². The largest absolute Gasteiger partial charge is 0.278 e. The average molecular weight is 278 g/mol. The Kier molecular flexibility index (Phi) is 4.34. The van der Waals surface area contributed by atoms with Crippen LogP contribution >= 0.6 is 0 Å². The van der Waals surface area contributed by atoms with Gasteiger partial charge in [0.05, 0.1) is 11.2 Å². The number of hydrogen-bond acceptors (Lipinski definition) is 1. The fourth-order valence-corrected chi connectivity index (χ4v) is 2.90. The second kappa shape index (κ2) is 6.57. The van der Waals surface area contributed by atoms with E-state index in [0.29, 0.717) is 0 Å². The third kappa shape index (κ3) is 3.15. The minimum atomic E-state index is 0.971. The smallest absolute Gasteiger partial charge is 0.0703 e. The molecule has 3 rings (SSSR count). The molecule has 0 saturated heterocycles. The minimum absolute atomic E-state index is 0.971. The SMILES string of the molecule is CCCCCc1n[nH]c2cccc(Cc3ccccc3)c12. The average Bonchev–Trinajstić information content (AvgIpc) is 2.93. The van der Waals surface area contributed by atoms with Gasteiger partial charge in [0.2, 0.25) is 0 Å². The first-order valence-corrected chi connectivity index (χ1v) is 7.87. The lowest BCUT2D eigenvalue weighted by atomic mass is 9.98. The first kappa shape index (κ1) is 13.9. The van der Waals surface area contributed by atoms with Gasteiger partial charge in [-0.15, -0.1) is 0 Å². The number of nitrogens with zero attached hydrogens (tertiary/aromatic N) is 1. The summed E-state index contributed by atoms with van der Waals surface area (Å²) in [5, 5.41) is 9.07. The van der Waals surface area contributed by atoms with Crippen molar-refractivity contribution >= 4 is 10.9 Å². The van der Waals surface area contributed by atoms with E-state index < -0.39 is 0 Å². The Balaban J connectivity index is 1.92. The van der Waals surface area contributed by atoms with E-state index in [9.17, 15) is 0 Å². The number of aromatic amines is 1. The van der Waals surface area contributed by atoms with Crippen molar-refractivity contribution in [2.75, 3.05) is 0 Å². The van der Waals surface area contributed by atoms with E-state index in [-0.39, 0.29) is 0 Å². The van der Waals surface area contributed by atoms with Crippen molar-refractivity contribution in [3.8, 4) is 0 Å². The summed E-state index contributed by atoms with van der Waals surface area (Å²) < 4.78 is 0. The molecule has 108 valence electrons. The lowest BCUT2D eigenvalue weighted by Crippen LogP contribution is -1.92. The highest BCUT2D eigenvalue weighted by Gasteiger charge is 2.10. The molecule has 0 unspecified atom stereocenters. The Morgan fingerprint density at radius 3 is 2.62 bits per heavy atom. The second-order valence-corrected chi connectivity index (χ2v) is 5.63. The molecule has 2 nitrogen and oxygen atoms in total. The molecule has 0 aliphatic heterocycles. The van der Waals surface area contributed by atoms with Crippen LogP contribution in [0.1, 0.15) is 43.0 Å². The number of aromatic nitrogens is 2. The van der Waals surface area contributed by atoms with Gasteiger partial charge in [-0.05, 0) is 36.5 Å². The molecule has 3 aromatic rings. The third-order valence-electron chi connectivity index (χ3n) is 4.01. The summed E-state index contributed by atoms with van der Waals surface area (Å²) in [7, 11) is 0. The number of aryl methyl sites for hydroxylation is 1. The van der Waals surface area contributed by atoms with E-state index in [1.54, 1.807) is 0 Å². The molecule has 0 amide bonds. The molecule has 0 fully saturated rings. The summed E-state index contributed by atoms with van der Waals surface area (Å²) in [5.41, 5.74) is 5.12. The monoisotopic (exact) mass is 278 g/mol. The number of nitrogens with one attached hydrogen (secondary N) is 1. The Bertz CT molecular complexity index is 698. The molecule has 1 N–H and O–H groups in total.